The van der Waals surface area contributed by atoms with Gasteiger partial charge in [-0.1, -0.05) is 24.5 Å². The Bertz CT molecular complexity index is 698. The molecule has 1 aliphatic heterocycles. The van der Waals surface area contributed by atoms with Crippen LogP contribution in [0.1, 0.15) is 67.2 Å². The van der Waals surface area contributed by atoms with E-state index in [1.54, 1.807) is 4.90 Å². The molecule has 1 aromatic heterocycles. The number of nitrogens with zero attached hydrogens (tertiary/aromatic N) is 2. The number of amides is 1. The van der Waals surface area contributed by atoms with Crippen molar-refractivity contribution >= 4 is 11.9 Å². The lowest BCUT2D eigenvalue weighted by Crippen LogP contribution is -2.44. The van der Waals surface area contributed by atoms with Crippen LogP contribution in [-0.4, -0.2) is 40.0 Å². The number of carbonyl (C=O) groups is 2. The van der Waals surface area contributed by atoms with Crippen LogP contribution in [0.2, 0.25) is 0 Å². The SMILES string of the molecule is O=C(c1coc(C2CCC2)n1)N1CC=C(C2(C(=O)O)CCC2)CC1. The molecule has 3 aliphatic rings. The monoisotopic (exact) mass is 330 g/mol. The first kappa shape index (κ1) is 15.4. The molecule has 6 nitrogen and oxygen atoms in total. The quantitative estimate of drug-likeness (QED) is 0.858. The molecule has 6 heteroatoms. The minimum atomic E-state index is -0.721. The molecule has 0 spiro atoms. The fourth-order valence-corrected chi connectivity index (χ4v) is 3.88. The Morgan fingerprint density at radius 1 is 1.29 bits per heavy atom. The minimum Gasteiger partial charge on any atom is -0.481 e. The van der Waals surface area contributed by atoms with E-state index in [0.29, 0.717) is 37.0 Å². The molecule has 0 aromatic carbocycles. The summed E-state index contributed by atoms with van der Waals surface area (Å²) in [6, 6.07) is 0. The molecule has 0 unspecified atom stereocenters. The van der Waals surface area contributed by atoms with Crippen LogP contribution in [0, 0.1) is 5.41 Å². The number of hydrogen-bond donors (Lipinski definition) is 1. The maximum absolute atomic E-state index is 12.6. The zero-order chi connectivity index (χ0) is 16.7. The predicted octanol–water partition coefficient (Wildman–Crippen LogP) is 2.97. The van der Waals surface area contributed by atoms with E-state index < -0.39 is 11.4 Å². The molecule has 128 valence electrons. The van der Waals surface area contributed by atoms with Crippen molar-refractivity contribution < 1.29 is 19.1 Å². The summed E-state index contributed by atoms with van der Waals surface area (Å²) in [5.74, 6) is 0.199. The van der Waals surface area contributed by atoms with Crippen molar-refractivity contribution in [1.82, 2.24) is 9.88 Å². The van der Waals surface area contributed by atoms with E-state index in [9.17, 15) is 14.7 Å². The Labute approximate surface area is 140 Å². The molecule has 2 saturated carbocycles. The van der Waals surface area contributed by atoms with E-state index >= 15 is 0 Å². The van der Waals surface area contributed by atoms with Gasteiger partial charge in [-0.2, -0.15) is 0 Å². The van der Waals surface area contributed by atoms with Gasteiger partial charge in [0.2, 0.25) is 0 Å². The maximum Gasteiger partial charge on any atom is 0.313 e. The van der Waals surface area contributed by atoms with Crippen molar-refractivity contribution in [2.75, 3.05) is 13.1 Å². The number of aromatic nitrogens is 1. The Morgan fingerprint density at radius 2 is 2.08 bits per heavy atom. The molecule has 2 heterocycles. The van der Waals surface area contributed by atoms with Gasteiger partial charge in [0.25, 0.3) is 5.91 Å². The lowest BCUT2D eigenvalue weighted by Gasteiger charge is -2.42. The molecule has 2 fully saturated rings. The van der Waals surface area contributed by atoms with Crippen LogP contribution in [0.4, 0.5) is 0 Å². The lowest BCUT2D eigenvalue weighted by atomic mass is 9.62. The largest absolute Gasteiger partial charge is 0.481 e. The molecule has 1 N–H and O–H groups in total. The van der Waals surface area contributed by atoms with E-state index in [0.717, 1.165) is 37.7 Å². The van der Waals surface area contributed by atoms with Crippen LogP contribution >= 0.6 is 0 Å². The third-order valence-electron chi connectivity index (χ3n) is 5.92. The van der Waals surface area contributed by atoms with Gasteiger partial charge < -0.3 is 14.4 Å². The number of aliphatic carboxylic acids is 1. The fraction of sp³-hybridized carbons (Fsp3) is 0.611. The normalized spacial score (nSPS) is 23.2. The third-order valence-corrected chi connectivity index (χ3v) is 5.92. The van der Waals surface area contributed by atoms with Gasteiger partial charge in [0.1, 0.15) is 6.26 Å². The summed E-state index contributed by atoms with van der Waals surface area (Å²) < 4.78 is 5.46. The smallest absolute Gasteiger partial charge is 0.313 e. The summed E-state index contributed by atoms with van der Waals surface area (Å²) in [5, 5.41) is 9.53. The van der Waals surface area contributed by atoms with Gasteiger partial charge in [-0.25, -0.2) is 4.98 Å². The van der Waals surface area contributed by atoms with Crippen LogP contribution in [-0.2, 0) is 4.79 Å². The van der Waals surface area contributed by atoms with Crippen molar-refractivity contribution in [3.63, 3.8) is 0 Å². The second kappa shape index (κ2) is 5.76. The fourth-order valence-electron chi connectivity index (χ4n) is 3.88. The molecule has 24 heavy (non-hydrogen) atoms. The van der Waals surface area contributed by atoms with E-state index in [1.165, 1.54) is 12.7 Å². The number of rotatable bonds is 4. The molecule has 0 saturated heterocycles. The Balaban J connectivity index is 1.44. The third kappa shape index (κ3) is 2.36. The first-order valence-corrected chi connectivity index (χ1v) is 8.78. The summed E-state index contributed by atoms with van der Waals surface area (Å²) >= 11 is 0. The first-order chi connectivity index (χ1) is 11.6. The Hall–Kier alpha value is -2.11. The van der Waals surface area contributed by atoms with Gasteiger partial charge in [-0.3, -0.25) is 9.59 Å². The van der Waals surface area contributed by atoms with Crippen LogP contribution < -0.4 is 0 Å². The zero-order valence-electron chi connectivity index (χ0n) is 13.7. The van der Waals surface area contributed by atoms with Gasteiger partial charge in [0.15, 0.2) is 11.6 Å². The van der Waals surface area contributed by atoms with E-state index in [4.69, 9.17) is 4.42 Å². The van der Waals surface area contributed by atoms with Gasteiger partial charge in [-0.15, -0.1) is 0 Å². The first-order valence-electron chi connectivity index (χ1n) is 8.78. The molecular weight excluding hydrogens is 308 g/mol. The van der Waals surface area contributed by atoms with Crippen molar-refractivity contribution in [3.05, 3.63) is 29.5 Å². The molecular formula is C18H22N2O4. The maximum atomic E-state index is 12.6. The average molecular weight is 330 g/mol. The van der Waals surface area contributed by atoms with Gasteiger partial charge >= 0.3 is 5.97 Å². The molecule has 1 aromatic rings. The highest BCUT2D eigenvalue weighted by Gasteiger charge is 2.47. The molecule has 1 amide bonds. The summed E-state index contributed by atoms with van der Waals surface area (Å²) in [4.78, 5) is 30.3. The number of hydrogen-bond acceptors (Lipinski definition) is 4. The Kier molecular flexibility index (Phi) is 3.70. The number of carboxylic acids is 1. The molecule has 0 radical (unpaired) electrons. The second-order valence-electron chi connectivity index (χ2n) is 7.17. The predicted molar refractivity (Wildman–Crippen MR) is 85.6 cm³/mol. The van der Waals surface area contributed by atoms with Gasteiger partial charge in [-0.05, 0) is 32.1 Å². The highest BCUT2D eigenvalue weighted by molar-refractivity contribution is 5.92. The zero-order valence-corrected chi connectivity index (χ0v) is 13.7. The molecule has 0 atom stereocenters. The van der Waals surface area contributed by atoms with Crippen LogP contribution in [0.15, 0.2) is 22.3 Å². The van der Waals surface area contributed by atoms with Crippen molar-refractivity contribution in [1.29, 1.82) is 0 Å². The average Bonchev–Trinajstić information content (AvgIpc) is 2.93. The highest BCUT2D eigenvalue weighted by Crippen LogP contribution is 2.49. The van der Waals surface area contributed by atoms with Gasteiger partial charge in [0.05, 0.1) is 5.41 Å². The summed E-state index contributed by atoms with van der Waals surface area (Å²) in [6.07, 6.45) is 9.79. The number of oxazole rings is 1. The second-order valence-corrected chi connectivity index (χ2v) is 7.17. The summed E-state index contributed by atoms with van der Waals surface area (Å²) in [7, 11) is 0. The molecule has 0 bridgehead atoms. The molecule has 2 aliphatic carbocycles. The number of carboxylic acid groups (broad SMARTS) is 1. The van der Waals surface area contributed by atoms with Crippen molar-refractivity contribution in [2.45, 2.75) is 50.9 Å². The lowest BCUT2D eigenvalue weighted by molar-refractivity contribution is -0.151. The van der Waals surface area contributed by atoms with E-state index in [2.05, 4.69) is 4.98 Å². The summed E-state index contributed by atoms with van der Waals surface area (Å²) in [6.45, 7) is 1.00. The van der Waals surface area contributed by atoms with Crippen molar-refractivity contribution in [2.24, 2.45) is 5.41 Å². The topological polar surface area (TPSA) is 83.6 Å². The van der Waals surface area contributed by atoms with Crippen molar-refractivity contribution in [3.8, 4) is 0 Å². The standard InChI is InChI=1S/C18H22N2O4/c21-16(14-11-24-15(19-14)12-3-1-4-12)20-9-5-13(6-10-20)18(17(22)23)7-2-8-18/h5,11-12H,1-4,6-10H2,(H,22,23). The number of carbonyl (C=O) groups excluding carboxylic acids is 1. The van der Waals surface area contributed by atoms with Crippen LogP contribution in [0.25, 0.3) is 0 Å². The van der Waals surface area contributed by atoms with E-state index in [1.807, 2.05) is 6.08 Å². The molecule has 4 rings (SSSR count). The van der Waals surface area contributed by atoms with Crippen LogP contribution in [0.5, 0.6) is 0 Å². The highest BCUT2D eigenvalue weighted by atomic mass is 16.4. The Morgan fingerprint density at radius 3 is 2.58 bits per heavy atom. The summed E-state index contributed by atoms with van der Waals surface area (Å²) in [5.41, 5.74) is 0.686. The van der Waals surface area contributed by atoms with E-state index in [-0.39, 0.29) is 5.91 Å². The van der Waals surface area contributed by atoms with Gasteiger partial charge in [0, 0.05) is 19.0 Å². The minimum absolute atomic E-state index is 0.127. The van der Waals surface area contributed by atoms with Crippen LogP contribution in [0.3, 0.4) is 0 Å².